The summed E-state index contributed by atoms with van der Waals surface area (Å²) < 4.78 is 11.8. The normalized spacial score (nSPS) is 18.4. The monoisotopic (exact) mass is 595 g/mol. The molecule has 9 nitrogen and oxygen atoms in total. The first-order chi connectivity index (χ1) is 16.7. The molecule has 0 spiro atoms. The summed E-state index contributed by atoms with van der Waals surface area (Å²) in [6, 6.07) is 3.50. The molecule has 35 heavy (non-hydrogen) atoms. The lowest BCUT2D eigenvalue weighted by atomic mass is 9.71. The third kappa shape index (κ3) is 4.93. The number of aliphatic carboxylic acids is 2. The minimum absolute atomic E-state index is 0.0873. The quantitative estimate of drug-likeness (QED) is 0.433. The maximum Gasteiger partial charge on any atom is 0.341 e. The molecule has 0 bridgehead atoms. The predicted octanol–water partition coefficient (Wildman–Crippen LogP) is 3.65. The average molecular weight is 595 g/mol. The van der Waals surface area contributed by atoms with E-state index in [1.807, 2.05) is 22.6 Å². The average Bonchev–Trinajstić information content (AvgIpc) is 2.79. The van der Waals surface area contributed by atoms with Crippen LogP contribution < -0.4 is 9.47 Å². The maximum absolute atomic E-state index is 13.3. The van der Waals surface area contributed by atoms with E-state index < -0.39 is 24.5 Å². The van der Waals surface area contributed by atoms with Crippen molar-refractivity contribution in [2.45, 2.75) is 51.4 Å². The summed E-state index contributed by atoms with van der Waals surface area (Å²) in [5.41, 5.74) is 2.98. The summed E-state index contributed by atoms with van der Waals surface area (Å²) in [4.78, 5) is 51.0. The highest BCUT2D eigenvalue weighted by atomic mass is 127. The number of ether oxygens (including phenoxy) is 2. The largest absolute Gasteiger partial charge is 0.490 e. The highest BCUT2D eigenvalue weighted by Gasteiger charge is 2.44. The second-order valence-electron chi connectivity index (χ2n) is 8.63. The van der Waals surface area contributed by atoms with Gasteiger partial charge in [-0.2, -0.15) is 0 Å². The van der Waals surface area contributed by atoms with Gasteiger partial charge in [0.05, 0.1) is 10.2 Å². The van der Waals surface area contributed by atoms with E-state index in [4.69, 9.17) is 14.6 Å². The lowest BCUT2D eigenvalue weighted by Crippen LogP contribution is -2.41. The summed E-state index contributed by atoms with van der Waals surface area (Å²) in [6.07, 6.45) is 3.04. The Morgan fingerprint density at radius 3 is 2.09 bits per heavy atom. The Hall–Kier alpha value is -2.89. The molecule has 0 unspecified atom stereocenters. The topological polar surface area (TPSA) is 130 Å². The van der Waals surface area contributed by atoms with Gasteiger partial charge in [-0.05, 0) is 72.9 Å². The fourth-order valence-electron chi connectivity index (χ4n) is 5.17. The van der Waals surface area contributed by atoms with Crippen molar-refractivity contribution in [3.63, 3.8) is 0 Å². The molecule has 4 rings (SSSR count). The molecule has 1 aromatic rings. The first kappa shape index (κ1) is 25.2. The summed E-state index contributed by atoms with van der Waals surface area (Å²) in [5, 5.41) is 18.6. The molecule has 0 radical (unpaired) electrons. The van der Waals surface area contributed by atoms with Gasteiger partial charge < -0.3 is 24.6 Å². The van der Waals surface area contributed by atoms with Crippen LogP contribution in [0.25, 0.3) is 0 Å². The molecular formula is C25H26INO8. The highest BCUT2D eigenvalue weighted by Crippen LogP contribution is 2.50. The number of hydrogen-bond acceptors (Lipinski definition) is 7. The molecule has 1 aliphatic heterocycles. The van der Waals surface area contributed by atoms with E-state index in [0.29, 0.717) is 82.6 Å². The van der Waals surface area contributed by atoms with Crippen molar-refractivity contribution in [3.8, 4) is 11.5 Å². The van der Waals surface area contributed by atoms with Gasteiger partial charge in [-0.25, -0.2) is 4.79 Å². The zero-order valence-electron chi connectivity index (χ0n) is 19.3. The number of rotatable bonds is 8. The molecule has 0 fully saturated rings. The predicted molar refractivity (Wildman–Crippen MR) is 132 cm³/mol. The maximum atomic E-state index is 13.3. The molecule has 0 saturated carbocycles. The van der Waals surface area contributed by atoms with Crippen LogP contribution in [0, 0.1) is 3.57 Å². The Kier molecular flexibility index (Phi) is 7.48. The van der Waals surface area contributed by atoms with Crippen molar-refractivity contribution >= 4 is 46.1 Å². The number of ketones is 2. The standard InChI is InChI=1S/C25H26INO8/c1-2-34-19-10-13(9-14(26)25(19)35-12-21(32)33)22-23-15(5-3-7-17(23)28)27(11-20(30)31)16-6-4-8-18(29)24(16)22/h9-10,22H,2-8,11-12H2,1H3,(H,30,31)(H,32,33). The van der Waals surface area contributed by atoms with Crippen LogP contribution in [0.3, 0.4) is 0 Å². The van der Waals surface area contributed by atoms with Crippen molar-refractivity contribution < 1.29 is 38.9 Å². The molecule has 186 valence electrons. The van der Waals surface area contributed by atoms with Crippen molar-refractivity contribution in [1.82, 2.24) is 4.90 Å². The number of carbonyl (C=O) groups excluding carboxylic acids is 2. The number of allylic oxidation sites excluding steroid dienone is 4. The minimum atomic E-state index is -1.12. The lowest BCUT2D eigenvalue weighted by Gasteiger charge is -2.43. The van der Waals surface area contributed by atoms with Crippen LogP contribution in [0.5, 0.6) is 11.5 Å². The molecule has 0 amide bonds. The van der Waals surface area contributed by atoms with E-state index in [1.165, 1.54) is 0 Å². The van der Waals surface area contributed by atoms with Gasteiger partial charge in [0.25, 0.3) is 0 Å². The number of halogens is 1. The smallest absolute Gasteiger partial charge is 0.341 e. The fraction of sp³-hybridized carbons (Fsp3) is 0.440. The van der Waals surface area contributed by atoms with Gasteiger partial charge in [0, 0.05) is 41.3 Å². The third-order valence-corrected chi connectivity index (χ3v) is 7.19. The summed E-state index contributed by atoms with van der Waals surface area (Å²) >= 11 is 2.03. The first-order valence-electron chi connectivity index (χ1n) is 11.6. The van der Waals surface area contributed by atoms with Gasteiger partial charge in [-0.1, -0.05) is 0 Å². The number of carbonyl (C=O) groups is 4. The Morgan fingerprint density at radius 1 is 0.971 bits per heavy atom. The second-order valence-corrected chi connectivity index (χ2v) is 9.79. The molecule has 1 aromatic carbocycles. The Balaban J connectivity index is 1.92. The van der Waals surface area contributed by atoms with Crippen LogP contribution in [0.15, 0.2) is 34.7 Å². The van der Waals surface area contributed by atoms with Gasteiger partial charge in [0.2, 0.25) is 0 Å². The van der Waals surface area contributed by atoms with Gasteiger partial charge >= 0.3 is 11.9 Å². The van der Waals surface area contributed by atoms with Gasteiger partial charge in [0.1, 0.15) is 6.54 Å². The molecule has 0 saturated heterocycles. The van der Waals surface area contributed by atoms with E-state index in [1.54, 1.807) is 24.0 Å². The number of Topliss-reactive ketones (excluding diaryl/α,β-unsaturated/α-hetero) is 2. The van der Waals surface area contributed by atoms with Gasteiger partial charge in [-0.3, -0.25) is 14.4 Å². The van der Waals surface area contributed by atoms with Gasteiger partial charge in [-0.15, -0.1) is 0 Å². The SMILES string of the molecule is CCOc1cc(C2C3=C(CCCC3=O)N(CC(=O)O)C3=C2C(=O)CCC3)cc(I)c1OCC(=O)O. The number of hydrogen-bond donors (Lipinski definition) is 2. The molecule has 2 N–H and O–H groups in total. The first-order valence-corrected chi connectivity index (χ1v) is 12.6. The Labute approximate surface area is 215 Å². The number of carboxylic acid groups (broad SMARTS) is 2. The number of carboxylic acids is 2. The van der Waals surface area contributed by atoms with E-state index >= 15 is 0 Å². The van der Waals surface area contributed by atoms with Crippen LogP contribution in [0.1, 0.15) is 56.9 Å². The zero-order chi connectivity index (χ0) is 25.3. The lowest BCUT2D eigenvalue weighted by molar-refractivity contribution is -0.139. The van der Waals surface area contributed by atoms with Crippen molar-refractivity contribution in [2.24, 2.45) is 0 Å². The molecule has 2 aliphatic carbocycles. The summed E-state index contributed by atoms with van der Waals surface area (Å²) in [5.74, 6) is -2.33. The molecule has 3 aliphatic rings. The molecule has 0 atom stereocenters. The Morgan fingerprint density at radius 2 is 1.57 bits per heavy atom. The summed E-state index contributed by atoms with van der Waals surface area (Å²) in [7, 11) is 0. The zero-order valence-corrected chi connectivity index (χ0v) is 21.4. The van der Waals surface area contributed by atoms with Crippen LogP contribution >= 0.6 is 22.6 Å². The second kappa shape index (κ2) is 10.4. The number of nitrogens with zero attached hydrogens (tertiary/aromatic N) is 1. The van der Waals surface area contributed by atoms with Gasteiger partial charge in [0.15, 0.2) is 29.7 Å². The highest BCUT2D eigenvalue weighted by molar-refractivity contribution is 14.1. The van der Waals surface area contributed by atoms with E-state index in [-0.39, 0.29) is 23.9 Å². The Bertz CT molecular complexity index is 1120. The molecule has 10 heteroatoms. The fourth-order valence-corrected chi connectivity index (χ4v) is 5.95. The minimum Gasteiger partial charge on any atom is -0.490 e. The number of benzene rings is 1. The van der Waals surface area contributed by atoms with Crippen LogP contribution in [0.2, 0.25) is 0 Å². The molecule has 1 heterocycles. The van der Waals surface area contributed by atoms with Crippen LogP contribution in [-0.2, 0) is 19.2 Å². The van der Waals surface area contributed by atoms with E-state index in [0.717, 1.165) is 0 Å². The molecular weight excluding hydrogens is 569 g/mol. The summed E-state index contributed by atoms with van der Waals surface area (Å²) in [6.45, 7) is 1.26. The van der Waals surface area contributed by atoms with Crippen molar-refractivity contribution in [3.05, 3.63) is 43.8 Å². The van der Waals surface area contributed by atoms with E-state index in [2.05, 4.69) is 0 Å². The third-order valence-electron chi connectivity index (χ3n) is 6.38. The molecule has 0 aromatic heterocycles. The van der Waals surface area contributed by atoms with Crippen LogP contribution in [0.4, 0.5) is 0 Å². The van der Waals surface area contributed by atoms with Crippen molar-refractivity contribution in [1.29, 1.82) is 0 Å². The van der Waals surface area contributed by atoms with Crippen LogP contribution in [-0.4, -0.2) is 58.4 Å². The van der Waals surface area contributed by atoms with Crippen molar-refractivity contribution in [2.75, 3.05) is 19.8 Å². The van der Waals surface area contributed by atoms with E-state index in [9.17, 15) is 24.3 Å².